The van der Waals surface area contributed by atoms with Crippen molar-refractivity contribution >= 4 is 17.6 Å². The molecule has 1 aromatic carbocycles. The third-order valence-electron chi connectivity index (χ3n) is 4.24. The van der Waals surface area contributed by atoms with Crippen LogP contribution in [0.1, 0.15) is 22.8 Å². The summed E-state index contributed by atoms with van der Waals surface area (Å²) in [6, 6.07) is 5.44. The van der Waals surface area contributed by atoms with Crippen molar-refractivity contribution in [3.63, 3.8) is 0 Å². The summed E-state index contributed by atoms with van der Waals surface area (Å²) in [5.41, 5.74) is 3.06. The van der Waals surface area contributed by atoms with E-state index in [9.17, 15) is 20.0 Å². The van der Waals surface area contributed by atoms with Gasteiger partial charge in [0.2, 0.25) is 6.33 Å². The van der Waals surface area contributed by atoms with E-state index in [0.29, 0.717) is 12.1 Å². The third kappa shape index (κ3) is 3.35. The van der Waals surface area contributed by atoms with Crippen molar-refractivity contribution in [2.45, 2.75) is 24.9 Å². The highest BCUT2D eigenvalue weighted by molar-refractivity contribution is 5.96. The lowest BCUT2D eigenvalue weighted by Crippen LogP contribution is -2.38. The van der Waals surface area contributed by atoms with Crippen molar-refractivity contribution in [2.24, 2.45) is 5.10 Å². The zero-order valence-corrected chi connectivity index (χ0v) is 13.8. The van der Waals surface area contributed by atoms with E-state index >= 15 is 0 Å². The second-order valence-corrected chi connectivity index (χ2v) is 5.99. The van der Waals surface area contributed by atoms with Crippen molar-refractivity contribution in [3.05, 3.63) is 46.3 Å². The second-order valence-electron chi connectivity index (χ2n) is 5.99. The van der Waals surface area contributed by atoms with Gasteiger partial charge in [-0.05, 0) is 23.1 Å². The van der Waals surface area contributed by atoms with Gasteiger partial charge in [-0.2, -0.15) is 9.78 Å². The molecule has 140 valence electrons. The van der Waals surface area contributed by atoms with Gasteiger partial charge in [-0.3, -0.25) is 4.79 Å². The van der Waals surface area contributed by atoms with Crippen molar-refractivity contribution in [1.29, 1.82) is 0 Å². The molecule has 2 N–H and O–H groups in total. The number of hydrogen-bond donors (Lipinski definition) is 2. The van der Waals surface area contributed by atoms with Gasteiger partial charge in [0.05, 0.1) is 12.3 Å². The van der Waals surface area contributed by atoms with Crippen LogP contribution in [0.15, 0.2) is 35.7 Å². The summed E-state index contributed by atoms with van der Waals surface area (Å²) in [6.45, 7) is 0.266. The molecule has 0 unspecified atom stereocenters. The van der Waals surface area contributed by atoms with Crippen LogP contribution in [-0.4, -0.2) is 55.4 Å². The van der Waals surface area contributed by atoms with E-state index in [1.165, 1.54) is 29.2 Å². The van der Waals surface area contributed by atoms with Crippen LogP contribution in [-0.2, 0) is 9.47 Å². The van der Waals surface area contributed by atoms with E-state index in [0.717, 1.165) is 0 Å². The molecule has 3 heterocycles. The van der Waals surface area contributed by atoms with E-state index < -0.39 is 29.1 Å². The summed E-state index contributed by atoms with van der Waals surface area (Å²) in [4.78, 5) is 25.9. The van der Waals surface area contributed by atoms with Gasteiger partial charge in [0.15, 0.2) is 6.29 Å². The summed E-state index contributed by atoms with van der Waals surface area (Å²) in [5, 5.41) is 28.1. The molecule has 1 aromatic heterocycles. The Morgan fingerprint density at radius 2 is 2.33 bits per heavy atom. The van der Waals surface area contributed by atoms with Gasteiger partial charge in [0.25, 0.3) is 5.91 Å². The summed E-state index contributed by atoms with van der Waals surface area (Å²) in [6.07, 6.45) is 0.524. The van der Waals surface area contributed by atoms with Crippen molar-refractivity contribution in [3.8, 4) is 5.75 Å². The fourth-order valence-electron chi connectivity index (χ4n) is 2.94. The Balaban J connectivity index is 1.51. The number of phenolic OH excluding ortho intramolecular Hbond substituents is 1. The minimum absolute atomic E-state index is 0.0360. The molecule has 0 aliphatic carbocycles. The van der Waals surface area contributed by atoms with Gasteiger partial charge >= 0.3 is 5.95 Å². The highest BCUT2D eigenvalue weighted by Gasteiger charge is 2.44. The summed E-state index contributed by atoms with van der Waals surface area (Å²) >= 11 is 0. The molecule has 3 atom stereocenters. The number of carbonyl (C=O) groups excluding carboxylic acids is 1. The predicted octanol–water partition coefficient (Wildman–Crippen LogP) is 0.364. The zero-order valence-electron chi connectivity index (χ0n) is 13.8. The van der Waals surface area contributed by atoms with Crippen molar-refractivity contribution < 1.29 is 24.3 Å². The Hall–Kier alpha value is -3.38. The zero-order chi connectivity index (χ0) is 19.0. The first-order chi connectivity index (χ1) is 13.0. The quantitative estimate of drug-likeness (QED) is 0.574. The van der Waals surface area contributed by atoms with E-state index in [1.807, 2.05) is 0 Å². The van der Waals surface area contributed by atoms with Crippen molar-refractivity contribution in [2.75, 3.05) is 6.61 Å². The smallest absolute Gasteiger partial charge is 0.490 e. The van der Waals surface area contributed by atoms with Gasteiger partial charge in [0, 0.05) is 17.1 Å². The number of aromatic hydroxyl groups is 1. The first-order valence-electron chi connectivity index (χ1n) is 7.99. The molecular formula is C15H14N6O6. The molecule has 2 aromatic rings. The molecule has 0 spiro atoms. The molecule has 4 rings (SSSR count). The first-order valence-corrected chi connectivity index (χ1v) is 7.99. The number of aromatic nitrogens is 3. The Morgan fingerprint density at radius 1 is 1.48 bits per heavy atom. The summed E-state index contributed by atoms with van der Waals surface area (Å²) in [5.74, 6) is -1.05. The maximum absolute atomic E-state index is 12.2. The number of benzene rings is 1. The molecule has 0 radical (unpaired) electrons. The average Bonchev–Trinajstić information content (AvgIpc) is 3.30. The lowest BCUT2D eigenvalue weighted by atomic mass is 10.0. The molecule has 2 aliphatic rings. The lowest BCUT2D eigenvalue weighted by molar-refractivity contribution is -0.394. The molecule has 2 aliphatic heterocycles. The van der Waals surface area contributed by atoms with E-state index in [-0.39, 0.29) is 24.0 Å². The second kappa shape index (κ2) is 6.74. The number of nitrogens with one attached hydrogen (secondary N) is 1. The van der Waals surface area contributed by atoms with Gasteiger partial charge in [0.1, 0.15) is 17.9 Å². The highest BCUT2D eigenvalue weighted by atomic mass is 16.7. The fraction of sp³-hybridized carbons (Fsp3) is 0.333. The normalized spacial score (nSPS) is 25.5. The summed E-state index contributed by atoms with van der Waals surface area (Å²) < 4.78 is 12.6. The Labute approximate surface area is 151 Å². The molecular weight excluding hydrogens is 360 g/mol. The number of fused-ring (bicyclic) bond motifs is 2. The Kier molecular flexibility index (Phi) is 4.25. The minimum atomic E-state index is -0.700. The van der Waals surface area contributed by atoms with Crippen LogP contribution in [0.25, 0.3) is 0 Å². The number of hydrogen-bond acceptors (Lipinski definition) is 9. The molecule has 2 bridgehead atoms. The van der Waals surface area contributed by atoms with Crippen LogP contribution in [0.2, 0.25) is 0 Å². The van der Waals surface area contributed by atoms with Crippen LogP contribution in [0.3, 0.4) is 0 Å². The van der Waals surface area contributed by atoms with Crippen LogP contribution < -0.4 is 5.43 Å². The first kappa shape index (κ1) is 17.1. The molecule has 1 amide bonds. The van der Waals surface area contributed by atoms with Crippen LogP contribution >= 0.6 is 0 Å². The predicted molar refractivity (Wildman–Crippen MR) is 88.0 cm³/mol. The molecule has 12 nitrogen and oxygen atoms in total. The number of amides is 1. The van der Waals surface area contributed by atoms with Crippen LogP contribution in [0.4, 0.5) is 5.95 Å². The average molecular weight is 374 g/mol. The van der Waals surface area contributed by atoms with Gasteiger partial charge in [-0.15, -0.1) is 0 Å². The van der Waals surface area contributed by atoms with Crippen molar-refractivity contribution in [1.82, 2.24) is 20.2 Å². The Bertz CT molecular complexity index is 927. The minimum Gasteiger partial charge on any atom is -0.508 e. The fourth-order valence-corrected chi connectivity index (χ4v) is 2.94. The lowest BCUT2D eigenvalue weighted by Gasteiger charge is -2.26. The standard InChI is InChI=1S/C15H14N6O6/c22-9-3-1-2-8(4-9)13(23)18-17-10-5-11(12-6-26-14(10)27-12)20-7-16-15(19-20)21(24)25/h1-4,7,11-12,14,22H,5-6H2,(H,18,23)/b17-10+/t11-,12+,14-/m0/s1. The number of carbonyl (C=O) groups is 1. The number of rotatable bonds is 4. The molecule has 2 fully saturated rings. The van der Waals surface area contributed by atoms with Gasteiger partial charge < -0.3 is 24.7 Å². The van der Waals surface area contributed by atoms with E-state index in [1.54, 1.807) is 6.07 Å². The van der Waals surface area contributed by atoms with Gasteiger partial charge in [-0.1, -0.05) is 11.1 Å². The molecule has 12 heteroatoms. The van der Waals surface area contributed by atoms with Gasteiger partial charge in [-0.25, -0.2) is 5.43 Å². The Morgan fingerprint density at radius 3 is 3.07 bits per heavy atom. The van der Waals surface area contributed by atoms with Crippen LogP contribution in [0.5, 0.6) is 5.75 Å². The maximum atomic E-state index is 12.2. The monoisotopic (exact) mass is 374 g/mol. The number of nitrogens with zero attached hydrogens (tertiary/aromatic N) is 5. The molecule has 2 saturated heterocycles. The topological polar surface area (TPSA) is 154 Å². The number of nitro groups is 1. The highest BCUT2D eigenvalue weighted by Crippen LogP contribution is 2.33. The summed E-state index contributed by atoms with van der Waals surface area (Å²) in [7, 11) is 0. The van der Waals surface area contributed by atoms with E-state index in [2.05, 4.69) is 20.6 Å². The molecule has 27 heavy (non-hydrogen) atoms. The van der Waals surface area contributed by atoms with E-state index in [4.69, 9.17) is 9.47 Å². The molecule has 0 saturated carbocycles. The third-order valence-corrected chi connectivity index (χ3v) is 4.24. The maximum Gasteiger partial charge on any atom is 0.490 e. The number of ether oxygens (including phenoxy) is 2. The van der Waals surface area contributed by atoms with Crippen LogP contribution in [0, 0.1) is 10.1 Å². The largest absolute Gasteiger partial charge is 0.508 e. The number of phenols is 1. The number of hydrazone groups is 1. The SMILES string of the molecule is O=C(N/N=C1\C[C@H](n2cnc([N+](=O)[O-])n2)[C@H]2CO[C@H]1O2)c1cccc(O)c1.